The third kappa shape index (κ3) is 3.43. The molecule has 110 valence electrons. The van der Waals surface area contributed by atoms with E-state index in [-0.39, 0.29) is 11.4 Å². The molecule has 0 radical (unpaired) electrons. The quantitative estimate of drug-likeness (QED) is 0.815. The summed E-state index contributed by atoms with van der Waals surface area (Å²) in [5.41, 5.74) is 2.90. The zero-order chi connectivity index (χ0) is 14.8. The van der Waals surface area contributed by atoms with Crippen LogP contribution in [0.25, 0.3) is 0 Å². The van der Waals surface area contributed by atoms with Gasteiger partial charge >= 0.3 is 0 Å². The minimum atomic E-state index is -0.0784. The van der Waals surface area contributed by atoms with E-state index >= 15 is 0 Å². The SMILES string of the molecule is Cc1ccc(C)c(C(=O)NC2(CBr)CCCC(C)C2)c1. The van der Waals surface area contributed by atoms with E-state index in [0.717, 1.165) is 34.9 Å². The molecular weight excluding hydrogens is 314 g/mol. The fraction of sp³-hybridized carbons (Fsp3) is 0.588. The molecule has 20 heavy (non-hydrogen) atoms. The number of halogens is 1. The van der Waals surface area contributed by atoms with Gasteiger partial charge in [0.05, 0.1) is 5.54 Å². The van der Waals surface area contributed by atoms with Gasteiger partial charge in [-0.15, -0.1) is 0 Å². The van der Waals surface area contributed by atoms with Crippen molar-refractivity contribution < 1.29 is 4.79 Å². The molecule has 1 amide bonds. The van der Waals surface area contributed by atoms with Crippen molar-refractivity contribution in [1.29, 1.82) is 0 Å². The molecule has 1 N–H and O–H groups in total. The zero-order valence-electron chi connectivity index (χ0n) is 12.6. The van der Waals surface area contributed by atoms with Crippen LogP contribution in [0.3, 0.4) is 0 Å². The maximum Gasteiger partial charge on any atom is 0.252 e. The minimum Gasteiger partial charge on any atom is -0.346 e. The maximum absolute atomic E-state index is 12.6. The summed E-state index contributed by atoms with van der Waals surface area (Å²) in [4.78, 5) is 12.6. The van der Waals surface area contributed by atoms with Crippen LogP contribution in [0.4, 0.5) is 0 Å². The smallest absolute Gasteiger partial charge is 0.252 e. The van der Waals surface area contributed by atoms with Crippen molar-refractivity contribution in [3.63, 3.8) is 0 Å². The van der Waals surface area contributed by atoms with Crippen LogP contribution >= 0.6 is 15.9 Å². The Labute approximate surface area is 130 Å². The van der Waals surface area contributed by atoms with Gasteiger partial charge in [0, 0.05) is 10.9 Å². The van der Waals surface area contributed by atoms with Crippen LogP contribution in [-0.2, 0) is 0 Å². The predicted octanol–water partition coefficient (Wildman–Crippen LogP) is 4.38. The molecule has 2 rings (SSSR count). The topological polar surface area (TPSA) is 29.1 Å². The monoisotopic (exact) mass is 337 g/mol. The Bertz CT molecular complexity index is 500. The van der Waals surface area contributed by atoms with E-state index in [1.165, 1.54) is 12.8 Å². The van der Waals surface area contributed by atoms with Gasteiger partial charge in [-0.05, 0) is 44.2 Å². The van der Waals surface area contributed by atoms with Crippen molar-refractivity contribution in [2.45, 2.75) is 52.0 Å². The average molecular weight is 338 g/mol. The van der Waals surface area contributed by atoms with Gasteiger partial charge in [0.25, 0.3) is 5.91 Å². The first-order valence-electron chi connectivity index (χ1n) is 7.41. The van der Waals surface area contributed by atoms with Gasteiger partial charge in [-0.3, -0.25) is 4.79 Å². The molecule has 1 aromatic rings. The highest BCUT2D eigenvalue weighted by Crippen LogP contribution is 2.34. The van der Waals surface area contributed by atoms with Gasteiger partial charge in [-0.1, -0.05) is 53.4 Å². The molecule has 0 heterocycles. The Hall–Kier alpha value is -0.830. The first kappa shape index (κ1) is 15.6. The van der Waals surface area contributed by atoms with E-state index in [1.54, 1.807) is 0 Å². The van der Waals surface area contributed by atoms with E-state index in [9.17, 15) is 4.79 Å². The molecule has 1 saturated carbocycles. The lowest BCUT2D eigenvalue weighted by atomic mass is 9.77. The molecule has 2 atom stereocenters. The summed E-state index contributed by atoms with van der Waals surface area (Å²) < 4.78 is 0. The Balaban J connectivity index is 2.19. The number of nitrogens with one attached hydrogen (secondary N) is 1. The summed E-state index contributed by atoms with van der Waals surface area (Å²) in [5.74, 6) is 0.750. The number of hydrogen-bond donors (Lipinski definition) is 1. The second-order valence-electron chi connectivity index (χ2n) is 6.39. The maximum atomic E-state index is 12.6. The fourth-order valence-corrected chi connectivity index (χ4v) is 3.87. The van der Waals surface area contributed by atoms with Gasteiger partial charge in [-0.25, -0.2) is 0 Å². The highest BCUT2D eigenvalue weighted by atomic mass is 79.9. The number of rotatable bonds is 3. The lowest BCUT2D eigenvalue weighted by Gasteiger charge is -2.39. The molecule has 0 aromatic heterocycles. The standard InChI is InChI=1S/C17H24BrNO/c1-12-6-7-14(3)15(9-12)16(20)19-17(11-18)8-4-5-13(2)10-17/h6-7,9,13H,4-5,8,10-11H2,1-3H3,(H,19,20). The van der Waals surface area contributed by atoms with E-state index < -0.39 is 0 Å². The van der Waals surface area contributed by atoms with Crippen LogP contribution in [0.5, 0.6) is 0 Å². The van der Waals surface area contributed by atoms with Crippen LogP contribution in [-0.4, -0.2) is 16.8 Å². The van der Waals surface area contributed by atoms with Gasteiger partial charge in [0.15, 0.2) is 0 Å². The normalized spacial score (nSPS) is 26.3. The van der Waals surface area contributed by atoms with E-state index in [4.69, 9.17) is 0 Å². The Morgan fingerprint density at radius 2 is 2.20 bits per heavy atom. The van der Waals surface area contributed by atoms with Gasteiger partial charge in [-0.2, -0.15) is 0 Å². The Morgan fingerprint density at radius 3 is 2.85 bits per heavy atom. The molecule has 0 aliphatic heterocycles. The van der Waals surface area contributed by atoms with Crippen LogP contribution in [0.1, 0.15) is 54.1 Å². The summed E-state index contributed by atoms with van der Waals surface area (Å²) in [5, 5.41) is 4.15. The first-order chi connectivity index (χ1) is 9.46. The fourth-order valence-electron chi connectivity index (χ4n) is 3.22. The van der Waals surface area contributed by atoms with Crippen LogP contribution in [0.15, 0.2) is 18.2 Å². The predicted molar refractivity (Wildman–Crippen MR) is 87.5 cm³/mol. The van der Waals surface area contributed by atoms with Crippen molar-refractivity contribution in [1.82, 2.24) is 5.32 Å². The van der Waals surface area contributed by atoms with Crippen molar-refractivity contribution in [2.24, 2.45) is 5.92 Å². The van der Waals surface area contributed by atoms with Crippen molar-refractivity contribution in [3.8, 4) is 0 Å². The molecule has 1 aliphatic rings. The summed E-state index contributed by atoms with van der Waals surface area (Å²) >= 11 is 3.61. The number of amides is 1. The van der Waals surface area contributed by atoms with Gasteiger partial charge in [0.2, 0.25) is 0 Å². The van der Waals surface area contributed by atoms with Crippen LogP contribution in [0, 0.1) is 19.8 Å². The number of carbonyl (C=O) groups is 1. The summed E-state index contributed by atoms with van der Waals surface area (Å²) in [7, 11) is 0. The minimum absolute atomic E-state index is 0.0692. The molecule has 0 bridgehead atoms. The molecule has 0 saturated heterocycles. The zero-order valence-corrected chi connectivity index (χ0v) is 14.2. The molecule has 0 spiro atoms. The Morgan fingerprint density at radius 1 is 1.45 bits per heavy atom. The van der Waals surface area contributed by atoms with Gasteiger partial charge in [0.1, 0.15) is 0 Å². The van der Waals surface area contributed by atoms with E-state index in [2.05, 4.69) is 34.2 Å². The number of hydrogen-bond acceptors (Lipinski definition) is 1. The van der Waals surface area contributed by atoms with E-state index in [0.29, 0.717) is 5.92 Å². The van der Waals surface area contributed by atoms with Crippen molar-refractivity contribution in [3.05, 3.63) is 34.9 Å². The molecular formula is C17H24BrNO. The third-order valence-corrected chi connectivity index (χ3v) is 5.44. The van der Waals surface area contributed by atoms with Crippen LogP contribution in [0.2, 0.25) is 0 Å². The molecule has 2 nitrogen and oxygen atoms in total. The highest BCUT2D eigenvalue weighted by Gasteiger charge is 2.35. The average Bonchev–Trinajstić information content (AvgIpc) is 2.41. The van der Waals surface area contributed by atoms with Gasteiger partial charge < -0.3 is 5.32 Å². The number of benzene rings is 1. The first-order valence-corrected chi connectivity index (χ1v) is 8.54. The Kier molecular flexibility index (Phi) is 4.90. The lowest BCUT2D eigenvalue weighted by molar-refractivity contribution is 0.0869. The third-order valence-electron chi connectivity index (χ3n) is 4.36. The second-order valence-corrected chi connectivity index (χ2v) is 6.95. The largest absolute Gasteiger partial charge is 0.346 e. The van der Waals surface area contributed by atoms with Crippen molar-refractivity contribution >= 4 is 21.8 Å². The molecule has 2 unspecified atom stereocenters. The summed E-state index contributed by atoms with van der Waals surface area (Å²) in [6.45, 7) is 6.30. The molecule has 1 fully saturated rings. The van der Waals surface area contributed by atoms with Crippen molar-refractivity contribution in [2.75, 3.05) is 5.33 Å². The molecule has 3 heteroatoms. The molecule has 1 aromatic carbocycles. The number of aryl methyl sites for hydroxylation is 2. The summed E-state index contributed by atoms with van der Waals surface area (Å²) in [6, 6.07) is 6.06. The summed E-state index contributed by atoms with van der Waals surface area (Å²) in [6.07, 6.45) is 4.60. The van der Waals surface area contributed by atoms with Crippen LogP contribution < -0.4 is 5.32 Å². The second kappa shape index (κ2) is 6.30. The van der Waals surface area contributed by atoms with E-state index in [1.807, 2.05) is 26.0 Å². The highest BCUT2D eigenvalue weighted by molar-refractivity contribution is 9.09. The number of carbonyl (C=O) groups excluding carboxylic acids is 1. The molecule has 1 aliphatic carbocycles. The number of alkyl halides is 1. The lowest BCUT2D eigenvalue weighted by Crippen LogP contribution is -2.52.